The Balaban J connectivity index is 1.78. The van der Waals surface area contributed by atoms with Gasteiger partial charge in [-0.25, -0.2) is 0 Å². The number of hydrogen-bond acceptors (Lipinski definition) is 4. The van der Waals surface area contributed by atoms with E-state index in [0.717, 1.165) is 24.5 Å². The first-order valence-electron chi connectivity index (χ1n) is 7.49. The number of rotatable bonds is 3. The van der Waals surface area contributed by atoms with Crippen molar-refractivity contribution in [1.82, 2.24) is 4.90 Å². The maximum Gasteiger partial charge on any atom is 0.573 e. The van der Waals surface area contributed by atoms with Crippen LogP contribution in [0.3, 0.4) is 0 Å². The van der Waals surface area contributed by atoms with Gasteiger partial charge in [-0.05, 0) is 36.4 Å². The van der Waals surface area contributed by atoms with E-state index in [-0.39, 0.29) is 5.75 Å². The highest BCUT2D eigenvalue weighted by Crippen LogP contribution is 2.29. The third-order valence-electron chi connectivity index (χ3n) is 3.74. The van der Waals surface area contributed by atoms with E-state index in [0.29, 0.717) is 18.9 Å². The van der Waals surface area contributed by atoms with E-state index >= 15 is 0 Å². The Morgan fingerprint density at radius 3 is 2.33 bits per heavy atom. The number of hydrogen-bond donors (Lipinski definition) is 0. The molecule has 4 nitrogen and oxygen atoms in total. The highest BCUT2D eigenvalue weighted by molar-refractivity contribution is 5.61. The fraction of sp³-hybridized carbons (Fsp3) is 0.294. The lowest BCUT2D eigenvalue weighted by Gasteiger charge is -2.34. The van der Waals surface area contributed by atoms with Crippen LogP contribution in [0.15, 0.2) is 60.6 Å². The Kier molecular flexibility index (Phi) is 4.53. The lowest BCUT2D eigenvalue weighted by atomic mass is 10.2. The topological polar surface area (TPSA) is 24.9 Å². The van der Waals surface area contributed by atoms with Crippen molar-refractivity contribution in [1.29, 1.82) is 0 Å². The van der Waals surface area contributed by atoms with Crippen molar-refractivity contribution in [2.45, 2.75) is 6.36 Å². The molecule has 0 amide bonds. The molecule has 2 aliphatic heterocycles. The smallest absolute Gasteiger partial charge is 0.406 e. The quantitative estimate of drug-likeness (QED) is 0.840. The van der Waals surface area contributed by atoms with Crippen LogP contribution in [0.2, 0.25) is 0 Å². The molecule has 0 atom stereocenters. The van der Waals surface area contributed by atoms with Crippen LogP contribution in [0, 0.1) is 0 Å². The van der Waals surface area contributed by atoms with Gasteiger partial charge in [0.2, 0.25) is 0 Å². The summed E-state index contributed by atoms with van der Waals surface area (Å²) in [5.74, 6) is -0.248. The summed E-state index contributed by atoms with van der Waals surface area (Å²) in [5.41, 5.74) is 2.46. The minimum atomic E-state index is -4.69. The summed E-state index contributed by atoms with van der Waals surface area (Å²) in [6, 6.07) is 5.71. The Hall–Kier alpha value is -2.41. The second-order valence-electron chi connectivity index (χ2n) is 5.39. The summed E-state index contributed by atoms with van der Waals surface area (Å²) in [6.45, 7) is 6.93. The van der Waals surface area contributed by atoms with Gasteiger partial charge in [0.1, 0.15) is 5.75 Å². The fourth-order valence-corrected chi connectivity index (χ4v) is 2.58. The molecular formula is C17H17F3N2O2. The minimum absolute atomic E-state index is 0.248. The molecule has 24 heavy (non-hydrogen) atoms. The average molecular weight is 338 g/mol. The third-order valence-corrected chi connectivity index (χ3v) is 3.74. The van der Waals surface area contributed by atoms with E-state index in [4.69, 9.17) is 4.74 Å². The van der Waals surface area contributed by atoms with Gasteiger partial charge in [-0.3, -0.25) is 0 Å². The number of allylic oxidation sites excluding steroid dienone is 2. The van der Waals surface area contributed by atoms with Crippen LogP contribution < -0.4 is 9.64 Å². The zero-order valence-electron chi connectivity index (χ0n) is 12.9. The van der Waals surface area contributed by atoms with Crippen molar-refractivity contribution in [3.63, 3.8) is 0 Å². The molecule has 2 heterocycles. The number of morpholine rings is 1. The Labute approximate surface area is 138 Å². The minimum Gasteiger partial charge on any atom is -0.406 e. The average Bonchev–Trinajstić information content (AvgIpc) is 2.56. The zero-order chi connectivity index (χ0) is 17.2. The molecule has 0 spiro atoms. The lowest BCUT2D eigenvalue weighted by molar-refractivity contribution is -0.274. The van der Waals surface area contributed by atoms with Crippen molar-refractivity contribution < 1.29 is 22.6 Å². The van der Waals surface area contributed by atoms with Crippen LogP contribution in [0.1, 0.15) is 0 Å². The summed E-state index contributed by atoms with van der Waals surface area (Å²) in [6.07, 6.45) is 1.09. The van der Waals surface area contributed by atoms with E-state index in [1.165, 1.54) is 12.1 Å². The van der Waals surface area contributed by atoms with Gasteiger partial charge in [-0.15, -0.1) is 13.2 Å². The number of halogens is 3. The molecule has 1 aromatic carbocycles. The molecular weight excluding hydrogens is 321 g/mol. The van der Waals surface area contributed by atoms with Gasteiger partial charge < -0.3 is 19.3 Å². The maximum atomic E-state index is 12.2. The monoisotopic (exact) mass is 338 g/mol. The van der Waals surface area contributed by atoms with Crippen molar-refractivity contribution in [3.8, 4) is 5.75 Å². The van der Waals surface area contributed by atoms with Crippen molar-refractivity contribution in [2.75, 3.05) is 31.2 Å². The third kappa shape index (κ3) is 3.91. The summed E-state index contributed by atoms with van der Waals surface area (Å²) < 4.78 is 45.9. The standard InChI is InChI=1S/C17H17F3N2O2/c1-13-2-3-15(21-8-10-23-11-9-21)12-22(13)14-4-6-16(7-5-14)24-17(18,19)20/h2-7,12H,1,8-11H2. The first-order chi connectivity index (χ1) is 11.4. The molecule has 3 rings (SSSR count). The largest absolute Gasteiger partial charge is 0.573 e. The number of benzene rings is 1. The molecule has 0 radical (unpaired) electrons. The lowest BCUT2D eigenvalue weighted by Crippen LogP contribution is -2.36. The van der Waals surface area contributed by atoms with Crippen LogP contribution in [-0.4, -0.2) is 37.6 Å². The van der Waals surface area contributed by atoms with Crippen LogP contribution in [0.4, 0.5) is 18.9 Å². The second-order valence-corrected chi connectivity index (χ2v) is 5.39. The molecule has 1 fully saturated rings. The highest BCUT2D eigenvalue weighted by atomic mass is 19.4. The SMILES string of the molecule is C=C1C=CC(N2CCOCC2)=CN1c1ccc(OC(F)(F)F)cc1. The number of alkyl halides is 3. The summed E-state index contributed by atoms with van der Waals surface area (Å²) >= 11 is 0. The van der Waals surface area contributed by atoms with Gasteiger partial charge >= 0.3 is 6.36 Å². The van der Waals surface area contributed by atoms with Crippen molar-refractivity contribution in [2.24, 2.45) is 0 Å². The summed E-state index contributed by atoms with van der Waals surface area (Å²) in [7, 11) is 0. The van der Waals surface area contributed by atoms with E-state index in [9.17, 15) is 13.2 Å². The molecule has 0 bridgehead atoms. The first kappa shape index (κ1) is 16.4. The second kappa shape index (κ2) is 6.60. The zero-order valence-corrected chi connectivity index (χ0v) is 12.9. The molecule has 128 valence electrons. The van der Waals surface area contributed by atoms with Crippen LogP contribution in [0.25, 0.3) is 0 Å². The Bertz CT molecular complexity index is 659. The van der Waals surface area contributed by atoms with Crippen LogP contribution in [0.5, 0.6) is 5.75 Å². The predicted molar refractivity (Wildman–Crippen MR) is 84.4 cm³/mol. The molecule has 0 N–H and O–H groups in total. The van der Waals surface area contributed by atoms with E-state index in [1.54, 1.807) is 12.1 Å². The number of nitrogens with zero attached hydrogens (tertiary/aromatic N) is 2. The normalized spacial score (nSPS) is 18.6. The maximum absolute atomic E-state index is 12.2. The summed E-state index contributed by atoms with van der Waals surface area (Å²) in [4.78, 5) is 4.03. The molecule has 0 aliphatic carbocycles. The number of ether oxygens (including phenoxy) is 2. The molecule has 2 aliphatic rings. The number of anilines is 1. The fourth-order valence-electron chi connectivity index (χ4n) is 2.58. The first-order valence-corrected chi connectivity index (χ1v) is 7.49. The Morgan fingerprint density at radius 2 is 1.71 bits per heavy atom. The van der Waals surface area contributed by atoms with Gasteiger partial charge in [0.15, 0.2) is 0 Å². The molecule has 1 aromatic rings. The molecule has 0 unspecified atom stereocenters. The summed E-state index contributed by atoms with van der Waals surface area (Å²) in [5, 5.41) is 0. The highest BCUT2D eigenvalue weighted by Gasteiger charge is 2.31. The molecule has 7 heteroatoms. The Morgan fingerprint density at radius 1 is 1.04 bits per heavy atom. The van der Waals surface area contributed by atoms with E-state index < -0.39 is 6.36 Å². The van der Waals surface area contributed by atoms with Crippen molar-refractivity contribution in [3.05, 3.63) is 60.6 Å². The van der Waals surface area contributed by atoms with Gasteiger partial charge in [-0.1, -0.05) is 6.58 Å². The van der Waals surface area contributed by atoms with Gasteiger partial charge in [0.25, 0.3) is 0 Å². The molecule has 1 saturated heterocycles. The van der Waals surface area contributed by atoms with Crippen molar-refractivity contribution >= 4 is 5.69 Å². The predicted octanol–water partition coefficient (Wildman–Crippen LogP) is 3.65. The van der Waals surface area contributed by atoms with Gasteiger partial charge in [0.05, 0.1) is 18.9 Å². The molecule has 0 saturated carbocycles. The van der Waals surface area contributed by atoms with Crippen LogP contribution in [-0.2, 0) is 4.74 Å². The van der Waals surface area contributed by atoms with Crippen LogP contribution >= 0.6 is 0 Å². The van der Waals surface area contributed by atoms with E-state index in [2.05, 4.69) is 16.2 Å². The van der Waals surface area contributed by atoms with E-state index in [1.807, 2.05) is 23.3 Å². The van der Waals surface area contributed by atoms with Gasteiger partial charge in [-0.2, -0.15) is 0 Å². The van der Waals surface area contributed by atoms with Gasteiger partial charge in [0, 0.05) is 30.7 Å². The molecule has 0 aromatic heterocycles.